The molecule has 164 valence electrons. The third-order valence-corrected chi connectivity index (χ3v) is 8.01. The van der Waals surface area contributed by atoms with Gasteiger partial charge in [-0.1, -0.05) is 60.7 Å². The van der Waals surface area contributed by atoms with Crippen LogP contribution in [0.5, 0.6) is 0 Å². The lowest BCUT2D eigenvalue weighted by atomic mass is 9.53. The second-order valence-corrected chi connectivity index (χ2v) is 9.47. The van der Waals surface area contributed by atoms with Crippen LogP contribution in [0.4, 0.5) is 0 Å². The summed E-state index contributed by atoms with van der Waals surface area (Å²) in [5.74, 6) is -2.03. The van der Waals surface area contributed by atoms with E-state index in [-0.39, 0.29) is 23.7 Å². The Labute approximate surface area is 196 Å². The van der Waals surface area contributed by atoms with Gasteiger partial charge in [0, 0.05) is 23.7 Å². The molecule has 4 atom stereocenters. The van der Waals surface area contributed by atoms with Crippen molar-refractivity contribution >= 4 is 11.9 Å². The summed E-state index contributed by atoms with van der Waals surface area (Å²) in [4.78, 5) is 23.8. The van der Waals surface area contributed by atoms with Gasteiger partial charge in [0.1, 0.15) is 0 Å². The highest BCUT2D eigenvalue weighted by Crippen LogP contribution is 2.63. The first-order valence-electron chi connectivity index (χ1n) is 11.5. The summed E-state index contributed by atoms with van der Waals surface area (Å²) in [7, 11) is 0. The Morgan fingerprint density at radius 3 is 1.06 bits per heavy atom. The lowest BCUT2D eigenvalue weighted by Gasteiger charge is -2.50. The first-order valence-corrected chi connectivity index (χ1v) is 11.5. The highest BCUT2D eigenvalue weighted by atomic mass is 16.4. The SMILES string of the molecule is O=C(O)c1ccc2c(c1)C1c3ccccc3C2[C@@H]2c3ccccc3[C@H]1c1ccc(C(=O)O)cc12. The molecule has 0 amide bonds. The molecule has 0 aliphatic heterocycles. The van der Waals surface area contributed by atoms with Crippen molar-refractivity contribution in [1.82, 2.24) is 0 Å². The Kier molecular flexibility index (Phi) is 3.79. The Morgan fingerprint density at radius 2 is 0.735 bits per heavy atom. The van der Waals surface area contributed by atoms with Crippen LogP contribution in [-0.2, 0) is 0 Å². The molecule has 6 aliphatic carbocycles. The van der Waals surface area contributed by atoms with Crippen molar-refractivity contribution in [2.45, 2.75) is 23.7 Å². The number of rotatable bonds is 2. The van der Waals surface area contributed by atoms with E-state index in [1.807, 2.05) is 24.3 Å². The Bertz CT molecular complexity index is 1430. The van der Waals surface area contributed by atoms with Crippen LogP contribution in [0.2, 0.25) is 0 Å². The molecule has 0 saturated carbocycles. The van der Waals surface area contributed by atoms with E-state index in [0.717, 1.165) is 22.3 Å². The molecular weight excluding hydrogens is 424 g/mol. The van der Waals surface area contributed by atoms with Gasteiger partial charge >= 0.3 is 11.9 Å². The van der Waals surface area contributed by atoms with E-state index in [1.54, 1.807) is 12.1 Å². The zero-order chi connectivity index (χ0) is 23.1. The molecule has 2 unspecified atom stereocenters. The number of aromatic carboxylic acids is 2. The first kappa shape index (κ1) is 19.3. The molecular formula is C30H20O4. The molecule has 4 aromatic rings. The number of carbonyl (C=O) groups is 2. The molecule has 2 N–H and O–H groups in total. The van der Waals surface area contributed by atoms with Gasteiger partial charge in [0.15, 0.2) is 0 Å². The van der Waals surface area contributed by atoms with E-state index in [0.29, 0.717) is 11.1 Å². The normalized spacial score (nSPS) is 22.6. The second kappa shape index (κ2) is 6.67. The minimum atomic E-state index is -0.925. The average molecular weight is 444 g/mol. The maximum absolute atomic E-state index is 11.9. The van der Waals surface area contributed by atoms with Gasteiger partial charge in [0.2, 0.25) is 0 Å². The van der Waals surface area contributed by atoms with Crippen LogP contribution in [0.1, 0.15) is 88.9 Å². The molecule has 0 saturated heterocycles. The lowest BCUT2D eigenvalue weighted by molar-refractivity contribution is 0.0686. The first-order chi connectivity index (χ1) is 16.5. The molecule has 4 bridgehead atoms. The molecule has 6 aliphatic rings. The lowest BCUT2D eigenvalue weighted by Crippen LogP contribution is -2.36. The largest absolute Gasteiger partial charge is 0.478 e. The fraction of sp³-hybridized carbons (Fsp3) is 0.133. The quantitative estimate of drug-likeness (QED) is 0.401. The van der Waals surface area contributed by atoms with Crippen molar-refractivity contribution < 1.29 is 19.8 Å². The topological polar surface area (TPSA) is 74.6 Å². The van der Waals surface area contributed by atoms with Crippen LogP contribution >= 0.6 is 0 Å². The van der Waals surface area contributed by atoms with Crippen LogP contribution in [0.15, 0.2) is 84.9 Å². The van der Waals surface area contributed by atoms with Gasteiger partial charge in [-0.2, -0.15) is 0 Å². The summed E-state index contributed by atoms with van der Waals surface area (Å²) in [5.41, 5.74) is 10.00. The molecule has 0 heterocycles. The van der Waals surface area contributed by atoms with Gasteiger partial charge in [-0.15, -0.1) is 0 Å². The molecule has 0 aromatic heterocycles. The van der Waals surface area contributed by atoms with Crippen LogP contribution in [-0.4, -0.2) is 22.2 Å². The number of hydrogen-bond donors (Lipinski definition) is 2. The minimum Gasteiger partial charge on any atom is -0.478 e. The van der Waals surface area contributed by atoms with Crippen LogP contribution in [0.25, 0.3) is 0 Å². The van der Waals surface area contributed by atoms with Crippen LogP contribution in [0.3, 0.4) is 0 Å². The molecule has 4 aromatic carbocycles. The monoisotopic (exact) mass is 444 g/mol. The fourth-order valence-corrected chi connectivity index (χ4v) is 6.78. The summed E-state index contributed by atoms with van der Waals surface area (Å²) in [5, 5.41) is 19.5. The predicted octanol–water partition coefficient (Wildman–Crippen LogP) is 5.95. The summed E-state index contributed by atoms with van der Waals surface area (Å²) in [6, 6.07) is 28.1. The zero-order valence-corrected chi connectivity index (χ0v) is 18.1. The van der Waals surface area contributed by atoms with Crippen LogP contribution < -0.4 is 0 Å². The number of carboxylic acids is 2. The Balaban J connectivity index is 1.63. The Morgan fingerprint density at radius 1 is 0.441 bits per heavy atom. The van der Waals surface area contributed by atoms with E-state index in [9.17, 15) is 19.8 Å². The third-order valence-electron chi connectivity index (χ3n) is 8.01. The van der Waals surface area contributed by atoms with E-state index in [1.165, 1.54) is 22.3 Å². The van der Waals surface area contributed by atoms with E-state index in [4.69, 9.17) is 0 Å². The maximum atomic E-state index is 11.9. The Hall–Kier alpha value is -4.18. The summed E-state index contributed by atoms with van der Waals surface area (Å²) < 4.78 is 0. The van der Waals surface area contributed by atoms with Gasteiger partial charge in [-0.3, -0.25) is 0 Å². The standard InChI is InChI=1S/C30H20O4/c31-29(32)15-9-11-21-23(13-15)27-19-7-3-1-5-17(19)25(21)28-20-8-4-2-6-18(20)26(27)22-12-10-16(30(33)34)14-24(22)28/h1-14,25-28H,(H,31,32)(H,33,34)/t25-,26?,27+,28?/m0/s1. The predicted molar refractivity (Wildman–Crippen MR) is 127 cm³/mol. The van der Waals surface area contributed by atoms with Gasteiger partial charge < -0.3 is 10.2 Å². The zero-order valence-electron chi connectivity index (χ0n) is 18.1. The second-order valence-electron chi connectivity index (χ2n) is 9.47. The van der Waals surface area contributed by atoms with Gasteiger partial charge in [0.25, 0.3) is 0 Å². The van der Waals surface area contributed by atoms with Crippen molar-refractivity contribution in [1.29, 1.82) is 0 Å². The van der Waals surface area contributed by atoms with Crippen LogP contribution in [0, 0.1) is 0 Å². The van der Waals surface area contributed by atoms with E-state index < -0.39 is 11.9 Å². The molecule has 0 spiro atoms. The highest BCUT2D eigenvalue weighted by molar-refractivity contribution is 5.89. The minimum absolute atomic E-state index is 0.0320. The molecule has 34 heavy (non-hydrogen) atoms. The molecule has 0 fully saturated rings. The molecule has 10 rings (SSSR count). The molecule has 4 nitrogen and oxygen atoms in total. The average Bonchev–Trinajstić information content (AvgIpc) is 2.84. The third kappa shape index (κ3) is 2.37. The van der Waals surface area contributed by atoms with Gasteiger partial charge in [0.05, 0.1) is 11.1 Å². The maximum Gasteiger partial charge on any atom is 0.335 e. The van der Waals surface area contributed by atoms with Gasteiger partial charge in [-0.25, -0.2) is 9.59 Å². The van der Waals surface area contributed by atoms with Crippen molar-refractivity contribution in [2.75, 3.05) is 0 Å². The fourth-order valence-electron chi connectivity index (χ4n) is 6.78. The van der Waals surface area contributed by atoms with Crippen molar-refractivity contribution in [3.63, 3.8) is 0 Å². The van der Waals surface area contributed by atoms with Crippen molar-refractivity contribution in [3.05, 3.63) is 141 Å². The van der Waals surface area contributed by atoms with E-state index >= 15 is 0 Å². The number of benzene rings is 4. The van der Waals surface area contributed by atoms with Crippen molar-refractivity contribution in [2.24, 2.45) is 0 Å². The van der Waals surface area contributed by atoms with Crippen molar-refractivity contribution in [3.8, 4) is 0 Å². The number of carboxylic acid groups (broad SMARTS) is 2. The van der Waals surface area contributed by atoms with Gasteiger partial charge in [-0.05, 0) is 68.8 Å². The summed E-state index contributed by atoms with van der Waals surface area (Å²) in [6.07, 6.45) is 0. The smallest absolute Gasteiger partial charge is 0.335 e. The molecule has 0 radical (unpaired) electrons. The number of hydrogen-bond acceptors (Lipinski definition) is 2. The molecule has 4 heteroatoms. The summed E-state index contributed by atoms with van der Waals surface area (Å²) in [6.45, 7) is 0. The summed E-state index contributed by atoms with van der Waals surface area (Å²) >= 11 is 0. The van der Waals surface area contributed by atoms with E-state index in [2.05, 4.69) is 48.5 Å². The highest BCUT2D eigenvalue weighted by Gasteiger charge is 2.49.